The molecule has 0 atom stereocenters. The predicted octanol–water partition coefficient (Wildman–Crippen LogP) is 3.23. The van der Waals surface area contributed by atoms with Crippen molar-refractivity contribution in [1.82, 2.24) is 4.98 Å². The first kappa shape index (κ1) is 14.9. The van der Waals surface area contributed by atoms with Crippen LogP contribution in [0.25, 0.3) is 0 Å². The van der Waals surface area contributed by atoms with Gasteiger partial charge >= 0.3 is 0 Å². The molecule has 0 saturated carbocycles. The molecule has 2 rings (SSSR count). The topological polar surface area (TPSA) is 57.9 Å². The zero-order valence-electron chi connectivity index (χ0n) is 12.6. The van der Waals surface area contributed by atoms with E-state index in [4.69, 9.17) is 4.74 Å². The summed E-state index contributed by atoms with van der Waals surface area (Å²) in [5, 5.41) is 12.5. The van der Waals surface area contributed by atoms with Crippen LogP contribution >= 0.6 is 0 Å². The molecule has 0 aliphatic rings. The van der Waals surface area contributed by atoms with Crippen LogP contribution < -0.4 is 10.1 Å². The highest BCUT2D eigenvalue weighted by molar-refractivity contribution is 5.59. The number of hydrogen-bond donors (Lipinski definition) is 1. The van der Waals surface area contributed by atoms with Gasteiger partial charge in [0.05, 0.1) is 24.1 Å². The van der Waals surface area contributed by atoms with Crippen LogP contribution in [0.5, 0.6) is 5.75 Å². The standard InChI is InChI=1S/C17H19N3O/c1-12-10-17(16(11-18)13(2)20-12)19-9-8-14-4-6-15(21-3)7-5-14/h4-7,10H,8-9H2,1-3H3,(H,19,20). The van der Waals surface area contributed by atoms with Crippen LogP contribution in [0.15, 0.2) is 30.3 Å². The van der Waals surface area contributed by atoms with Crippen molar-refractivity contribution in [2.24, 2.45) is 0 Å². The zero-order chi connectivity index (χ0) is 15.2. The number of methoxy groups -OCH3 is 1. The fourth-order valence-electron chi connectivity index (χ4n) is 2.24. The average molecular weight is 281 g/mol. The molecule has 4 heteroatoms. The lowest BCUT2D eigenvalue weighted by molar-refractivity contribution is 0.414. The van der Waals surface area contributed by atoms with Gasteiger partial charge in [0.1, 0.15) is 11.8 Å². The van der Waals surface area contributed by atoms with Gasteiger partial charge in [-0.15, -0.1) is 0 Å². The van der Waals surface area contributed by atoms with E-state index in [0.29, 0.717) is 5.56 Å². The normalized spacial score (nSPS) is 10.0. The third-order valence-corrected chi connectivity index (χ3v) is 3.33. The lowest BCUT2D eigenvalue weighted by Crippen LogP contribution is -2.08. The van der Waals surface area contributed by atoms with Gasteiger partial charge in [-0.05, 0) is 44.0 Å². The van der Waals surface area contributed by atoms with Gasteiger partial charge in [0.25, 0.3) is 0 Å². The lowest BCUT2D eigenvalue weighted by Gasteiger charge is -2.11. The zero-order valence-corrected chi connectivity index (χ0v) is 12.6. The molecule has 108 valence electrons. The molecule has 4 nitrogen and oxygen atoms in total. The SMILES string of the molecule is COc1ccc(CCNc2cc(C)nc(C)c2C#N)cc1. The number of nitriles is 1. The van der Waals surface area contributed by atoms with Crippen molar-refractivity contribution in [1.29, 1.82) is 5.26 Å². The van der Waals surface area contributed by atoms with E-state index in [2.05, 4.69) is 28.5 Å². The van der Waals surface area contributed by atoms with E-state index in [9.17, 15) is 5.26 Å². The minimum Gasteiger partial charge on any atom is -0.497 e. The Kier molecular flexibility index (Phi) is 4.78. The van der Waals surface area contributed by atoms with Crippen LogP contribution in [0, 0.1) is 25.2 Å². The van der Waals surface area contributed by atoms with E-state index >= 15 is 0 Å². The van der Waals surface area contributed by atoms with Crippen LogP contribution in [0.2, 0.25) is 0 Å². The Balaban J connectivity index is 2.01. The molecule has 0 aliphatic carbocycles. The van der Waals surface area contributed by atoms with E-state index in [1.165, 1.54) is 5.56 Å². The fourth-order valence-corrected chi connectivity index (χ4v) is 2.24. The molecule has 21 heavy (non-hydrogen) atoms. The Morgan fingerprint density at radius 3 is 2.57 bits per heavy atom. The number of nitrogens with one attached hydrogen (secondary N) is 1. The number of benzene rings is 1. The fraction of sp³-hybridized carbons (Fsp3) is 0.294. The van der Waals surface area contributed by atoms with Crippen molar-refractivity contribution >= 4 is 5.69 Å². The molecule has 2 aromatic rings. The second-order valence-corrected chi connectivity index (χ2v) is 4.91. The highest BCUT2D eigenvalue weighted by atomic mass is 16.5. The maximum Gasteiger partial charge on any atom is 0.118 e. The Morgan fingerprint density at radius 2 is 1.95 bits per heavy atom. The van der Waals surface area contributed by atoms with E-state index < -0.39 is 0 Å². The molecule has 1 heterocycles. The first-order chi connectivity index (χ1) is 10.1. The number of anilines is 1. The smallest absolute Gasteiger partial charge is 0.118 e. The van der Waals surface area contributed by atoms with Crippen LogP contribution in [-0.2, 0) is 6.42 Å². The number of aromatic nitrogens is 1. The van der Waals surface area contributed by atoms with Gasteiger partial charge in [-0.2, -0.15) is 5.26 Å². The summed E-state index contributed by atoms with van der Waals surface area (Å²) in [4.78, 5) is 4.31. The summed E-state index contributed by atoms with van der Waals surface area (Å²) >= 11 is 0. The molecular weight excluding hydrogens is 262 g/mol. The minimum absolute atomic E-state index is 0.621. The van der Waals surface area contributed by atoms with Crippen molar-refractivity contribution in [2.45, 2.75) is 20.3 Å². The molecule has 0 bridgehead atoms. The van der Waals surface area contributed by atoms with E-state index in [1.54, 1.807) is 7.11 Å². The van der Waals surface area contributed by atoms with Gasteiger partial charge in [0.2, 0.25) is 0 Å². The molecule has 1 aromatic carbocycles. The predicted molar refractivity (Wildman–Crippen MR) is 83.6 cm³/mol. The van der Waals surface area contributed by atoms with Crippen LogP contribution in [0.1, 0.15) is 22.5 Å². The molecule has 0 saturated heterocycles. The third-order valence-electron chi connectivity index (χ3n) is 3.33. The molecule has 0 aliphatic heterocycles. The summed E-state index contributed by atoms with van der Waals surface area (Å²) in [6, 6.07) is 12.1. The summed E-state index contributed by atoms with van der Waals surface area (Å²) in [6.45, 7) is 4.56. The highest BCUT2D eigenvalue weighted by Gasteiger charge is 2.07. The first-order valence-electron chi connectivity index (χ1n) is 6.89. The molecule has 0 spiro atoms. The second-order valence-electron chi connectivity index (χ2n) is 4.91. The third kappa shape index (κ3) is 3.73. The van der Waals surface area contributed by atoms with Gasteiger partial charge in [-0.3, -0.25) is 4.98 Å². The van der Waals surface area contributed by atoms with Crippen molar-refractivity contribution in [3.63, 3.8) is 0 Å². The Bertz CT molecular complexity index is 657. The Hall–Kier alpha value is -2.54. The van der Waals surface area contributed by atoms with Crippen LogP contribution in [0.3, 0.4) is 0 Å². The summed E-state index contributed by atoms with van der Waals surface area (Å²) in [5.74, 6) is 0.860. The first-order valence-corrected chi connectivity index (χ1v) is 6.89. The van der Waals surface area contributed by atoms with E-state index in [0.717, 1.165) is 35.8 Å². The number of aryl methyl sites for hydroxylation is 2. The number of rotatable bonds is 5. The molecular formula is C17H19N3O. The summed E-state index contributed by atoms with van der Waals surface area (Å²) in [6.07, 6.45) is 0.884. The largest absolute Gasteiger partial charge is 0.497 e. The van der Waals surface area contributed by atoms with Crippen LogP contribution in [-0.4, -0.2) is 18.6 Å². The minimum atomic E-state index is 0.621. The molecule has 1 N–H and O–H groups in total. The number of nitrogens with zero attached hydrogens (tertiary/aromatic N) is 2. The summed E-state index contributed by atoms with van der Waals surface area (Å²) < 4.78 is 5.14. The maximum absolute atomic E-state index is 9.22. The quantitative estimate of drug-likeness (QED) is 0.914. The van der Waals surface area contributed by atoms with Gasteiger partial charge in [-0.25, -0.2) is 0 Å². The van der Waals surface area contributed by atoms with E-state index in [-0.39, 0.29) is 0 Å². The number of ether oxygens (including phenoxy) is 1. The van der Waals surface area contributed by atoms with Crippen LogP contribution in [0.4, 0.5) is 5.69 Å². The average Bonchev–Trinajstić information content (AvgIpc) is 2.47. The Morgan fingerprint density at radius 1 is 1.24 bits per heavy atom. The maximum atomic E-state index is 9.22. The number of pyridine rings is 1. The van der Waals surface area contributed by atoms with Gasteiger partial charge < -0.3 is 10.1 Å². The molecule has 1 aromatic heterocycles. The summed E-state index contributed by atoms with van der Waals surface area (Å²) in [7, 11) is 1.66. The monoisotopic (exact) mass is 281 g/mol. The van der Waals surface area contributed by atoms with Crippen molar-refractivity contribution < 1.29 is 4.74 Å². The highest BCUT2D eigenvalue weighted by Crippen LogP contribution is 2.19. The van der Waals surface area contributed by atoms with Gasteiger partial charge in [0, 0.05) is 12.2 Å². The van der Waals surface area contributed by atoms with Crippen molar-refractivity contribution in [2.75, 3.05) is 19.0 Å². The molecule has 0 unspecified atom stereocenters. The molecule has 0 radical (unpaired) electrons. The van der Waals surface area contributed by atoms with Crippen molar-refractivity contribution in [3.8, 4) is 11.8 Å². The van der Waals surface area contributed by atoms with E-state index in [1.807, 2.05) is 32.0 Å². The van der Waals surface area contributed by atoms with Gasteiger partial charge in [-0.1, -0.05) is 12.1 Å². The molecule has 0 fully saturated rings. The van der Waals surface area contributed by atoms with Crippen molar-refractivity contribution in [3.05, 3.63) is 52.8 Å². The van der Waals surface area contributed by atoms with Gasteiger partial charge in [0.15, 0.2) is 0 Å². The summed E-state index contributed by atoms with van der Waals surface area (Å²) in [5.41, 5.74) is 4.39. The molecule has 0 amide bonds. The Labute approximate surface area is 125 Å². The lowest BCUT2D eigenvalue weighted by atomic mass is 10.1. The number of hydrogen-bond acceptors (Lipinski definition) is 4. The second kappa shape index (κ2) is 6.76.